The quantitative estimate of drug-likeness (QED) is 0.728. The summed E-state index contributed by atoms with van der Waals surface area (Å²) in [5, 5.41) is 2.86. The van der Waals surface area contributed by atoms with Gasteiger partial charge in [-0.1, -0.05) is 19.1 Å². The van der Waals surface area contributed by atoms with Crippen LogP contribution in [0.2, 0.25) is 0 Å². The van der Waals surface area contributed by atoms with Gasteiger partial charge in [0.15, 0.2) is 0 Å². The van der Waals surface area contributed by atoms with E-state index in [0.29, 0.717) is 25.4 Å². The van der Waals surface area contributed by atoms with Crippen molar-refractivity contribution in [2.45, 2.75) is 45.8 Å². The Labute approximate surface area is 171 Å². The fourth-order valence-corrected chi connectivity index (χ4v) is 3.42. The minimum Gasteiger partial charge on any atom is -0.489 e. The number of carbonyl (C=O) groups is 1. The summed E-state index contributed by atoms with van der Waals surface area (Å²) < 4.78 is 26.2. The summed E-state index contributed by atoms with van der Waals surface area (Å²) in [7, 11) is 0. The van der Waals surface area contributed by atoms with Gasteiger partial charge in [0.2, 0.25) is 11.7 Å². The number of aromatic nitrogens is 1. The molecule has 1 aromatic carbocycles. The molecule has 1 aromatic heterocycles. The maximum absolute atomic E-state index is 14.7. The maximum Gasteiger partial charge on any atom is 0.252 e. The fourth-order valence-electron chi connectivity index (χ4n) is 3.42. The van der Waals surface area contributed by atoms with Crippen molar-refractivity contribution in [3.8, 4) is 11.6 Å². The third-order valence-electron chi connectivity index (χ3n) is 4.87. The molecule has 29 heavy (non-hydrogen) atoms. The number of halogens is 1. The Morgan fingerprint density at radius 2 is 2.10 bits per heavy atom. The minimum absolute atomic E-state index is 0.0267. The highest BCUT2D eigenvalue weighted by Crippen LogP contribution is 2.29. The monoisotopic (exact) mass is 401 g/mol. The molecule has 0 spiro atoms. The summed E-state index contributed by atoms with van der Waals surface area (Å²) in [6.45, 7) is 7.15. The zero-order chi connectivity index (χ0) is 20.8. The smallest absolute Gasteiger partial charge is 0.252 e. The van der Waals surface area contributed by atoms with Gasteiger partial charge in [-0.3, -0.25) is 4.79 Å². The first-order chi connectivity index (χ1) is 14.0. The minimum atomic E-state index is -0.419. The van der Waals surface area contributed by atoms with Gasteiger partial charge in [-0.2, -0.15) is 4.39 Å². The van der Waals surface area contributed by atoms with Crippen molar-refractivity contribution in [1.82, 2.24) is 10.3 Å². The molecule has 1 amide bonds. The van der Waals surface area contributed by atoms with E-state index in [9.17, 15) is 9.18 Å². The molecule has 0 radical (unpaired) electrons. The zero-order valence-corrected chi connectivity index (χ0v) is 17.2. The third-order valence-corrected chi connectivity index (χ3v) is 4.87. The second kappa shape index (κ2) is 9.58. The van der Waals surface area contributed by atoms with Crippen LogP contribution < -0.4 is 19.7 Å². The highest BCUT2D eigenvalue weighted by Gasteiger charge is 2.27. The Kier molecular flexibility index (Phi) is 6.90. The van der Waals surface area contributed by atoms with Gasteiger partial charge in [0.1, 0.15) is 11.9 Å². The Bertz CT molecular complexity index is 829. The van der Waals surface area contributed by atoms with Gasteiger partial charge in [-0.05, 0) is 37.1 Å². The number of hydrogen-bond acceptors (Lipinski definition) is 5. The van der Waals surface area contributed by atoms with Crippen LogP contribution in [0.1, 0.15) is 45.2 Å². The Balaban J connectivity index is 1.60. The first-order valence-corrected chi connectivity index (χ1v) is 10.0. The summed E-state index contributed by atoms with van der Waals surface area (Å²) in [6, 6.07) is 9.32. The van der Waals surface area contributed by atoms with E-state index in [1.54, 1.807) is 12.3 Å². The zero-order valence-electron chi connectivity index (χ0n) is 17.2. The molecule has 0 aliphatic carbocycles. The van der Waals surface area contributed by atoms with E-state index >= 15 is 0 Å². The Morgan fingerprint density at radius 3 is 2.79 bits per heavy atom. The second-order valence-corrected chi connectivity index (χ2v) is 7.26. The van der Waals surface area contributed by atoms with Crippen molar-refractivity contribution in [3.05, 3.63) is 47.9 Å². The van der Waals surface area contributed by atoms with Crippen LogP contribution in [0.15, 0.2) is 36.5 Å². The lowest BCUT2D eigenvalue weighted by Gasteiger charge is -2.20. The van der Waals surface area contributed by atoms with Crippen molar-refractivity contribution >= 4 is 11.6 Å². The standard InChI is InChI=1S/C22H28FN3O3/c1-4-13-28-22-21(23)20(9-11-24-22)26-12-10-19(14-26)29-18-7-5-17(6-8-18)15(2)25-16(3)27/h5-9,11,15,19H,4,10,12-14H2,1-3H3,(H,25,27)/t15-,19+/m0/s1. The predicted octanol–water partition coefficient (Wildman–Crippen LogP) is 3.86. The number of amides is 1. The van der Waals surface area contributed by atoms with Crippen molar-refractivity contribution in [1.29, 1.82) is 0 Å². The van der Waals surface area contributed by atoms with Crippen LogP contribution >= 0.6 is 0 Å². The molecule has 0 saturated carbocycles. The Hall–Kier alpha value is -2.83. The van der Waals surface area contributed by atoms with E-state index in [-0.39, 0.29) is 23.9 Å². The molecule has 1 N–H and O–H groups in total. The number of nitrogens with one attached hydrogen (secondary N) is 1. The van der Waals surface area contributed by atoms with Gasteiger partial charge in [-0.15, -0.1) is 0 Å². The lowest BCUT2D eigenvalue weighted by molar-refractivity contribution is -0.119. The molecular weight excluding hydrogens is 373 g/mol. The molecule has 1 aliphatic rings. The number of carbonyl (C=O) groups excluding carboxylic acids is 1. The SMILES string of the molecule is CCCOc1nccc(N2CC[C@@H](Oc3ccc([C@H](C)NC(C)=O)cc3)C2)c1F. The van der Waals surface area contributed by atoms with Crippen LogP contribution in [0.4, 0.5) is 10.1 Å². The number of ether oxygens (including phenoxy) is 2. The lowest BCUT2D eigenvalue weighted by atomic mass is 10.1. The molecule has 2 aromatic rings. The largest absolute Gasteiger partial charge is 0.489 e. The van der Waals surface area contributed by atoms with Gasteiger partial charge >= 0.3 is 0 Å². The van der Waals surface area contributed by atoms with Gasteiger partial charge in [-0.25, -0.2) is 4.98 Å². The van der Waals surface area contributed by atoms with Crippen LogP contribution in [-0.2, 0) is 4.79 Å². The fraction of sp³-hybridized carbons (Fsp3) is 0.455. The number of nitrogens with zero attached hydrogens (tertiary/aromatic N) is 2. The highest BCUT2D eigenvalue weighted by atomic mass is 19.1. The molecule has 2 heterocycles. The molecule has 3 rings (SSSR count). The molecule has 6 nitrogen and oxygen atoms in total. The van der Waals surface area contributed by atoms with E-state index in [2.05, 4.69) is 10.3 Å². The highest BCUT2D eigenvalue weighted by molar-refractivity contribution is 5.73. The molecular formula is C22H28FN3O3. The summed E-state index contributed by atoms with van der Waals surface area (Å²) in [5.41, 5.74) is 1.51. The second-order valence-electron chi connectivity index (χ2n) is 7.26. The first kappa shape index (κ1) is 20.9. The average Bonchev–Trinajstić information content (AvgIpc) is 3.15. The number of benzene rings is 1. The lowest BCUT2D eigenvalue weighted by Crippen LogP contribution is -2.25. The van der Waals surface area contributed by atoms with Gasteiger partial charge in [0, 0.05) is 26.1 Å². The van der Waals surface area contributed by atoms with E-state index in [1.165, 1.54) is 6.92 Å². The average molecular weight is 401 g/mol. The van der Waals surface area contributed by atoms with Crippen molar-refractivity contribution in [2.75, 3.05) is 24.6 Å². The molecule has 156 valence electrons. The molecule has 1 fully saturated rings. The van der Waals surface area contributed by atoms with Crippen LogP contribution in [0.3, 0.4) is 0 Å². The number of anilines is 1. The molecule has 0 bridgehead atoms. The summed E-state index contributed by atoms with van der Waals surface area (Å²) in [5.74, 6) is 0.337. The van der Waals surface area contributed by atoms with Crippen molar-refractivity contribution in [3.63, 3.8) is 0 Å². The van der Waals surface area contributed by atoms with Crippen LogP contribution in [0.5, 0.6) is 11.6 Å². The molecule has 0 unspecified atom stereocenters. The van der Waals surface area contributed by atoms with E-state index < -0.39 is 5.82 Å². The number of pyridine rings is 1. The van der Waals surface area contributed by atoms with Crippen LogP contribution in [0, 0.1) is 5.82 Å². The van der Waals surface area contributed by atoms with Gasteiger partial charge in [0.05, 0.1) is 24.9 Å². The van der Waals surface area contributed by atoms with Gasteiger partial charge < -0.3 is 19.7 Å². The van der Waals surface area contributed by atoms with E-state index in [4.69, 9.17) is 9.47 Å². The maximum atomic E-state index is 14.7. The van der Waals surface area contributed by atoms with E-state index in [1.807, 2.05) is 43.0 Å². The normalized spacial score (nSPS) is 17.1. The molecule has 7 heteroatoms. The predicted molar refractivity (Wildman–Crippen MR) is 110 cm³/mol. The van der Waals surface area contributed by atoms with Gasteiger partial charge in [0.25, 0.3) is 5.88 Å². The van der Waals surface area contributed by atoms with Crippen molar-refractivity contribution < 1.29 is 18.7 Å². The summed E-state index contributed by atoms with van der Waals surface area (Å²) in [6.07, 6.45) is 3.15. The third kappa shape index (κ3) is 5.37. The van der Waals surface area contributed by atoms with Crippen LogP contribution in [0.25, 0.3) is 0 Å². The molecule has 1 saturated heterocycles. The van der Waals surface area contributed by atoms with Crippen molar-refractivity contribution in [2.24, 2.45) is 0 Å². The van der Waals surface area contributed by atoms with Crippen LogP contribution in [-0.4, -0.2) is 36.7 Å². The molecule has 1 aliphatic heterocycles. The first-order valence-electron chi connectivity index (χ1n) is 10.0. The summed E-state index contributed by atoms with van der Waals surface area (Å²) >= 11 is 0. The Morgan fingerprint density at radius 1 is 1.34 bits per heavy atom. The topological polar surface area (TPSA) is 63.7 Å². The summed E-state index contributed by atoms with van der Waals surface area (Å²) in [4.78, 5) is 17.1. The van der Waals surface area contributed by atoms with E-state index in [0.717, 1.165) is 24.2 Å². The number of hydrogen-bond donors (Lipinski definition) is 1. The number of rotatable bonds is 8. The molecule has 2 atom stereocenters.